The predicted molar refractivity (Wildman–Crippen MR) is 110 cm³/mol. The Balaban J connectivity index is 1.50. The second-order valence-corrected chi connectivity index (χ2v) is 8.38. The molecule has 0 aromatic heterocycles. The van der Waals surface area contributed by atoms with Gasteiger partial charge in [-0.3, -0.25) is 24.1 Å². The Morgan fingerprint density at radius 1 is 0.862 bits per heavy atom. The van der Waals surface area contributed by atoms with Crippen molar-refractivity contribution in [2.75, 3.05) is 6.54 Å². The Labute approximate surface area is 170 Å². The lowest BCUT2D eigenvalue weighted by Crippen LogP contribution is -2.31. The number of amides is 2. The topological polar surface area (TPSA) is 71.5 Å². The van der Waals surface area contributed by atoms with E-state index in [1.54, 1.807) is 36.4 Å². The van der Waals surface area contributed by atoms with E-state index >= 15 is 0 Å². The van der Waals surface area contributed by atoms with Gasteiger partial charge in [0.2, 0.25) is 0 Å². The molecule has 2 amide bonds. The van der Waals surface area contributed by atoms with Crippen LogP contribution >= 0.6 is 0 Å². The van der Waals surface area contributed by atoms with Crippen LogP contribution in [0.4, 0.5) is 0 Å². The zero-order valence-corrected chi connectivity index (χ0v) is 17.0. The summed E-state index contributed by atoms with van der Waals surface area (Å²) in [6.45, 7) is 6.47. The number of carbonyl (C=O) groups is 4. The van der Waals surface area contributed by atoms with Crippen LogP contribution in [0, 0.1) is 0 Å². The standard InChI is InChI=1S/C24H25NO4/c1-24(2,3)17-12-10-16(11-13-17)21(27)15-18(26)7-6-14-25-22(28)19-8-4-5-9-20(19)23(25)29/h4-5,8-13H,6-7,14-15H2,1-3H3. The molecule has 0 fully saturated rings. The third-order valence-electron chi connectivity index (χ3n) is 5.15. The number of hydrogen-bond acceptors (Lipinski definition) is 4. The van der Waals surface area contributed by atoms with Crippen LogP contribution in [0.15, 0.2) is 48.5 Å². The lowest BCUT2D eigenvalue weighted by atomic mass is 9.86. The van der Waals surface area contributed by atoms with Crippen LogP contribution in [0.25, 0.3) is 0 Å². The molecule has 0 unspecified atom stereocenters. The van der Waals surface area contributed by atoms with Crippen LogP contribution in [-0.4, -0.2) is 34.8 Å². The molecule has 1 aliphatic heterocycles. The lowest BCUT2D eigenvalue weighted by molar-refractivity contribution is -0.118. The van der Waals surface area contributed by atoms with Gasteiger partial charge in [0.25, 0.3) is 11.8 Å². The molecule has 0 spiro atoms. The molecule has 3 rings (SSSR count). The largest absolute Gasteiger partial charge is 0.299 e. The average molecular weight is 391 g/mol. The van der Waals surface area contributed by atoms with Crippen LogP contribution in [0.2, 0.25) is 0 Å². The number of carbonyl (C=O) groups excluding carboxylic acids is 4. The Morgan fingerprint density at radius 3 is 1.93 bits per heavy atom. The molecule has 29 heavy (non-hydrogen) atoms. The fourth-order valence-corrected chi connectivity index (χ4v) is 3.40. The van der Waals surface area contributed by atoms with Gasteiger partial charge in [0.1, 0.15) is 5.78 Å². The molecule has 5 nitrogen and oxygen atoms in total. The Bertz CT molecular complexity index is 932. The van der Waals surface area contributed by atoms with Gasteiger partial charge in [0.05, 0.1) is 17.5 Å². The Hall–Kier alpha value is -3.08. The van der Waals surface area contributed by atoms with Gasteiger partial charge in [-0.25, -0.2) is 0 Å². The van der Waals surface area contributed by atoms with Gasteiger partial charge in [-0.15, -0.1) is 0 Å². The van der Waals surface area contributed by atoms with E-state index in [1.807, 2.05) is 12.1 Å². The van der Waals surface area contributed by atoms with Crippen LogP contribution < -0.4 is 0 Å². The summed E-state index contributed by atoms with van der Waals surface area (Å²) in [4.78, 5) is 50.3. The summed E-state index contributed by atoms with van der Waals surface area (Å²) >= 11 is 0. The smallest absolute Gasteiger partial charge is 0.261 e. The molecule has 0 N–H and O–H groups in total. The van der Waals surface area contributed by atoms with E-state index in [0.29, 0.717) is 23.1 Å². The molecule has 0 saturated heterocycles. The average Bonchev–Trinajstić information content (AvgIpc) is 2.92. The number of rotatable bonds is 7. The monoisotopic (exact) mass is 391 g/mol. The summed E-state index contributed by atoms with van der Waals surface area (Å²) in [5.74, 6) is -1.05. The first-order chi connectivity index (χ1) is 13.7. The molecule has 0 atom stereocenters. The quantitative estimate of drug-likeness (QED) is 0.403. The first-order valence-electron chi connectivity index (χ1n) is 9.79. The fraction of sp³-hybridized carbons (Fsp3) is 0.333. The van der Waals surface area contributed by atoms with Crippen molar-refractivity contribution in [3.8, 4) is 0 Å². The number of ketones is 2. The molecular weight excluding hydrogens is 366 g/mol. The minimum Gasteiger partial charge on any atom is -0.299 e. The van der Waals surface area contributed by atoms with Crippen molar-refractivity contribution < 1.29 is 19.2 Å². The zero-order chi connectivity index (χ0) is 21.2. The predicted octanol–water partition coefficient (Wildman–Crippen LogP) is 4.20. The number of benzene rings is 2. The first-order valence-corrected chi connectivity index (χ1v) is 9.79. The molecular formula is C24H25NO4. The minimum absolute atomic E-state index is 0.00149. The van der Waals surface area contributed by atoms with Gasteiger partial charge in [0, 0.05) is 18.5 Å². The van der Waals surface area contributed by atoms with E-state index in [1.165, 1.54) is 4.90 Å². The van der Waals surface area contributed by atoms with Crippen LogP contribution in [0.5, 0.6) is 0 Å². The number of nitrogens with zero attached hydrogens (tertiary/aromatic N) is 1. The van der Waals surface area contributed by atoms with Crippen molar-refractivity contribution >= 4 is 23.4 Å². The summed E-state index contributed by atoms with van der Waals surface area (Å²) in [7, 11) is 0. The van der Waals surface area contributed by atoms with Gasteiger partial charge < -0.3 is 0 Å². The van der Waals surface area contributed by atoms with E-state index in [-0.39, 0.29) is 48.2 Å². The number of Topliss-reactive ketones (excluding diaryl/α,β-unsaturated/α-hetero) is 2. The molecule has 2 aromatic carbocycles. The molecule has 2 aromatic rings. The fourth-order valence-electron chi connectivity index (χ4n) is 3.40. The highest BCUT2D eigenvalue weighted by Gasteiger charge is 2.34. The Morgan fingerprint density at radius 2 is 1.41 bits per heavy atom. The van der Waals surface area contributed by atoms with E-state index < -0.39 is 0 Å². The van der Waals surface area contributed by atoms with Gasteiger partial charge in [-0.05, 0) is 29.5 Å². The molecule has 0 bridgehead atoms. The summed E-state index contributed by atoms with van der Waals surface area (Å²) in [5, 5.41) is 0. The molecule has 1 aliphatic rings. The molecule has 5 heteroatoms. The number of imide groups is 1. The number of fused-ring (bicyclic) bond motifs is 1. The van der Waals surface area contributed by atoms with Crippen LogP contribution in [0.1, 0.15) is 76.7 Å². The van der Waals surface area contributed by atoms with Crippen LogP contribution in [-0.2, 0) is 10.2 Å². The molecule has 1 heterocycles. The van der Waals surface area contributed by atoms with E-state index in [0.717, 1.165) is 5.56 Å². The molecule has 150 valence electrons. The zero-order valence-electron chi connectivity index (χ0n) is 17.0. The third kappa shape index (κ3) is 4.50. The summed E-state index contributed by atoms with van der Waals surface area (Å²) in [6, 6.07) is 14.0. The van der Waals surface area contributed by atoms with Crippen molar-refractivity contribution in [1.82, 2.24) is 4.90 Å². The molecule has 0 radical (unpaired) electrons. The Kier molecular flexibility index (Phi) is 5.78. The SMILES string of the molecule is CC(C)(C)c1ccc(C(=O)CC(=O)CCCN2C(=O)c3ccccc3C2=O)cc1. The summed E-state index contributed by atoms with van der Waals surface area (Å²) < 4.78 is 0. The normalized spacial score (nSPS) is 13.6. The first kappa shape index (κ1) is 20.6. The molecule has 0 aliphatic carbocycles. The van der Waals surface area contributed by atoms with Gasteiger partial charge in [-0.1, -0.05) is 57.2 Å². The number of hydrogen-bond donors (Lipinski definition) is 0. The van der Waals surface area contributed by atoms with Crippen molar-refractivity contribution in [3.63, 3.8) is 0 Å². The lowest BCUT2D eigenvalue weighted by Gasteiger charge is -2.18. The third-order valence-corrected chi connectivity index (χ3v) is 5.15. The van der Waals surface area contributed by atoms with E-state index in [2.05, 4.69) is 20.8 Å². The summed E-state index contributed by atoms with van der Waals surface area (Å²) in [5.41, 5.74) is 2.45. The van der Waals surface area contributed by atoms with Crippen molar-refractivity contribution in [2.45, 2.75) is 45.4 Å². The van der Waals surface area contributed by atoms with Gasteiger partial charge in [-0.2, -0.15) is 0 Å². The van der Waals surface area contributed by atoms with E-state index in [9.17, 15) is 19.2 Å². The van der Waals surface area contributed by atoms with Gasteiger partial charge in [0.15, 0.2) is 5.78 Å². The minimum atomic E-state index is -0.326. The van der Waals surface area contributed by atoms with Crippen molar-refractivity contribution in [2.24, 2.45) is 0 Å². The highest BCUT2D eigenvalue weighted by atomic mass is 16.2. The second-order valence-electron chi connectivity index (χ2n) is 8.38. The van der Waals surface area contributed by atoms with E-state index in [4.69, 9.17) is 0 Å². The maximum Gasteiger partial charge on any atom is 0.261 e. The highest BCUT2D eigenvalue weighted by molar-refractivity contribution is 6.21. The van der Waals surface area contributed by atoms with Crippen molar-refractivity contribution in [3.05, 3.63) is 70.8 Å². The van der Waals surface area contributed by atoms with Crippen LogP contribution in [0.3, 0.4) is 0 Å². The maximum atomic E-state index is 12.3. The van der Waals surface area contributed by atoms with Gasteiger partial charge >= 0.3 is 0 Å². The summed E-state index contributed by atoms with van der Waals surface area (Å²) in [6.07, 6.45) is 0.330. The molecule has 0 saturated carbocycles. The highest BCUT2D eigenvalue weighted by Crippen LogP contribution is 2.24. The second kappa shape index (κ2) is 8.11. The van der Waals surface area contributed by atoms with Crippen molar-refractivity contribution in [1.29, 1.82) is 0 Å². The maximum absolute atomic E-state index is 12.3.